The first kappa shape index (κ1) is 21.3. The largest absolute Gasteiger partial charge is 0.370 e. The summed E-state index contributed by atoms with van der Waals surface area (Å²) >= 11 is 2.89. The first-order chi connectivity index (χ1) is 13.8. The second-order valence-electron chi connectivity index (χ2n) is 6.98. The van der Waals surface area contributed by atoms with E-state index in [2.05, 4.69) is 24.0 Å². The molecule has 29 heavy (non-hydrogen) atoms. The zero-order valence-electron chi connectivity index (χ0n) is 17.0. The van der Waals surface area contributed by atoms with Crippen molar-refractivity contribution in [3.05, 3.63) is 51.4 Å². The minimum Gasteiger partial charge on any atom is -0.370 e. The van der Waals surface area contributed by atoms with Crippen LogP contribution in [0.25, 0.3) is 10.7 Å². The van der Waals surface area contributed by atoms with E-state index in [-0.39, 0.29) is 23.9 Å². The number of benzene rings is 1. The molecule has 0 bridgehead atoms. The van der Waals surface area contributed by atoms with Gasteiger partial charge in [-0.25, -0.2) is 0 Å². The Morgan fingerprint density at radius 1 is 1.14 bits per heavy atom. The lowest BCUT2D eigenvalue weighted by Gasteiger charge is -2.13. The number of nitrogens with two attached hydrogens (primary N) is 1. The van der Waals surface area contributed by atoms with Crippen LogP contribution in [-0.2, 0) is 11.3 Å². The highest BCUT2D eigenvalue weighted by molar-refractivity contribution is 7.99. The Morgan fingerprint density at radius 2 is 1.90 bits per heavy atom. The van der Waals surface area contributed by atoms with Gasteiger partial charge in [-0.1, -0.05) is 17.8 Å². The maximum atomic E-state index is 12.9. The van der Waals surface area contributed by atoms with E-state index in [0.29, 0.717) is 17.5 Å². The van der Waals surface area contributed by atoms with Crippen molar-refractivity contribution < 1.29 is 9.59 Å². The van der Waals surface area contributed by atoms with E-state index in [1.807, 2.05) is 42.0 Å². The second kappa shape index (κ2) is 8.92. The van der Waals surface area contributed by atoms with E-state index < -0.39 is 0 Å². The van der Waals surface area contributed by atoms with Crippen LogP contribution in [0.3, 0.4) is 0 Å². The summed E-state index contributed by atoms with van der Waals surface area (Å²) in [6.07, 6.45) is 0.188. The average Bonchev–Trinajstić information content (AvgIpc) is 3.34. The lowest BCUT2D eigenvalue weighted by Crippen LogP contribution is -2.15. The predicted octanol–water partition coefficient (Wildman–Crippen LogP) is 4.09. The number of primary amides is 1. The van der Waals surface area contributed by atoms with E-state index in [1.165, 1.54) is 17.3 Å². The van der Waals surface area contributed by atoms with Gasteiger partial charge in [-0.05, 0) is 67.5 Å². The molecule has 2 aromatic heterocycles. The number of aromatic nitrogens is 3. The third-order valence-corrected chi connectivity index (χ3v) is 6.99. The van der Waals surface area contributed by atoms with Gasteiger partial charge in [0.05, 0.1) is 10.6 Å². The molecule has 1 aromatic carbocycles. The minimum atomic E-state index is -0.385. The van der Waals surface area contributed by atoms with Crippen molar-refractivity contribution in [3.8, 4) is 10.7 Å². The summed E-state index contributed by atoms with van der Waals surface area (Å²) in [6.45, 7) is 8.53. The molecule has 1 amide bonds. The van der Waals surface area contributed by atoms with Gasteiger partial charge < -0.3 is 10.3 Å². The molecule has 0 spiro atoms. The highest BCUT2D eigenvalue weighted by Crippen LogP contribution is 2.29. The van der Waals surface area contributed by atoms with Gasteiger partial charge in [-0.3, -0.25) is 9.59 Å². The molecule has 0 fully saturated rings. The van der Waals surface area contributed by atoms with Crippen LogP contribution in [0.1, 0.15) is 39.0 Å². The van der Waals surface area contributed by atoms with Crippen molar-refractivity contribution in [3.63, 3.8) is 0 Å². The molecule has 0 radical (unpaired) electrons. The van der Waals surface area contributed by atoms with Gasteiger partial charge in [0.2, 0.25) is 5.91 Å². The monoisotopic (exact) mass is 428 g/mol. The van der Waals surface area contributed by atoms with Crippen LogP contribution in [-0.4, -0.2) is 32.2 Å². The number of carbonyl (C=O) groups excluding carboxylic acids is 2. The van der Waals surface area contributed by atoms with E-state index in [0.717, 1.165) is 27.1 Å². The zero-order chi connectivity index (χ0) is 21.1. The van der Waals surface area contributed by atoms with Gasteiger partial charge in [-0.15, -0.1) is 21.5 Å². The summed E-state index contributed by atoms with van der Waals surface area (Å²) in [6, 6.07) is 5.86. The van der Waals surface area contributed by atoms with Crippen LogP contribution in [0.4, 0.5) is 0 Å². The molecule has 0 unspecified atom stereocenters. The Bertz CT molecular complexity index is 1060. The lowest BCUT2D eigenvalue weighted by atomic mass is 9.93. The molecule has 152 valence electrons. The van der Waals surface area contributed by atoms with Crippen molar-refractivity contribution >= 4 is 34.8 Å². The first-order valence-corrected chi connectivity index (χ1v) is 11.1. The van der Waals surface area contributed by atoms with Crippen molar-refractivity contribution in [2.45, 2.75) is 45.8 Å². The third-order valence-electron chi connectivity index (χ3n) is 5.15. The molecule has 3 rings (SSSR count). The number of thioether (sulfide) groups is 1. The summed E-state index contributed by atoms with van der Waals surface area (Å²) in [7, 11) is 0. The third kappa shape index (κ3) is 4.59. The molecule has 3 aromatic rings. The fraction of sp³-hybridized carbons (Fsp3) is 0.333. The van der Waals surface area contributed by atoms with Crippen molar-refractivity contribution in [2.24, 2.45) is 5.73 Å². The van der Waals surface area contributed by atoms with Crippen molar-refractivity contribution in [1.82, 2.24) is 14.8 Å². The number of Topliss-reactive ketones (excluding diaryl/α,β-unsaturated/α-hetero) is 1. The van der Waals surface area contributed by atoms with Crippen LogP contribution in [0.15, 0.2) is 28.7 Å². The van der Waals surface area contributed by atoms with Gasteiger partial charge in [-0.2, -0.15) is 0 Å². The molecule has 0 aliphatic heterocycles. The Labute approximate surface area is 178 Å². The number of amides is 1. The van der Waals surface area contributed by atoms with E-state index in [9.17, 15) is 9.59 Å². The summed E-state index contributed by atoms with van der Waals surface area (Å²) in [5.74, 6) is 0.612. The van der Waals surface area contributed by atoms with Crippen LogP contribution in [0, 0.1) is 27.7 Å². The molecular weight excluding hydrogens is 404 g/mol. The standard InChI is InChI=1S/C21H24N4O2S2/c1-12-10-16(15(4)14(3)13(12)2)17(26)11-29-21-24-23-20(18-6-5-9-28-18)25(21)8-7-19(22)27/h5-6,9-10H,7-8,11H2,1-4H3,(H2,22,27). The van der Waals surface area contributed by atoms with Gasteiger partial charge in [0.1, 0.15) is 0 Å². The highest BCUT2D eigenvalue weighted by Gasteiger charge is 2.19. The Hall–Kier alpha value is -2.45. The van der Waals surface area contributed by atoms with Crippen molar-refractivity contribution in [2.75, 3.05) is 5.75 Å². The highest BCUT2D eigenvalue weighted by atomic mass is 32.2. The normalized spacial score (nSPS) is 11.0. The maximum absolute atomic E-state index is 12.9. The Balaban J connectivity index is 1.83. The number of hydrogen-bond acceptors (Lipinski definition) is 6. The quantitative estimate of drug-likeness (QED) is 0.431. The van der Waals surface area contributed by atoms with E-state index in [4.69, 9.17) is 5.73 Å². The number of aryl methyl sites for hydroxylation is 1. The van der Waals surface area contributed by atoms with Crippen LogP contribution < -0.4 is 5.73 Å². The van der Waals surface area contributed by atoms with E-state index in [1.54, 1.807) is 11.3 Å². The molecule has 0 saturated carbocycles. The molecule has 2 N–H and O–H groups in total. The fourth-order valence-electron chi connectivity index (χ4n) is 3.12. The Morgan fingerprint density at radius 3 is 2.55 bits per heavy atom. The predicted molar refractivity (Wildman–Crippen MR) is 118 cm³/mol. The Kier molecular flexibility index (Phi) is 6.54. The lowest BCUT2D eigenvalue weighted by molar-refractivity contribution is -0.118. The molecule has 6 nitrogen and oxygen atoms in total. The summed E-state index contributed by atoms with van der Waals surface area (Å²) in [4.78, 5) is 25.2. The smallest absolute Gasteiger partial charge is 0.219 e. The molecule has 0 atom stereocenters. The summed E-state index contributed by atoms with van der Waals surface area (Å²) in [5.41, 5.74) is 10.6. The molecule has 8 heteroatoms. The van der Waals surface area contributed by atoms with Gasteiger partial charge in [0.25, 0.3) is 0 Å². The molecule has 2 heterocycles. The SMILES string of the molecule is Cc1cc(C(=O)CSc2nnc(-c3cccs3)n2CCC(N)=O)c(C)c(C)c1C. The average molecular weight is 429 g/mol. The number of hydrogen-bond donors (Lipinski definition) is 1. The molecule has 0 aliphatic rings. The second-order valence-corrected chi connectivity index (χ2v) is 8.87. The topological polar surface area (TPSA) is 90.9 Å². The summed E-state index contributed by atoms with van der Waals surface area (Å²) < 4.78 is 1.87. The molecule has 0 aliphatic carbocycles. The van der Waals surface area contributed by atoms with Crippen LogP contribution >= 0.6 is 23.1 Å². The first-order valence-electron chi connectivity index (χ1n) is 9.28. The fourth-order valence-corrected chi connectivity index (χ4v) is 4.68. The number of thiophene rings is 1. The summed E-state index contributed by atoms with van der Waals surface area (Å²) in [5, 5.41) is 11.1. The number of rotatable bonds is 8. The van der Waals surface area contributed by atoms with Crippen LogP contribution in [0.5, 0.6) is 0 Å². The maximum Gasteiger partial charge on any atom is 0.219 e. The number of ketones is 1. The molecule has 0 saturated heterocycles. The van der Waals surface area contributed by atoms with E-state index >= 15 is 0 Å². The van der Waals surface area contributed by atoms with Gasteiger partial charge >= 0.3 is 0 Å². The van der Waals surface area contributed by atoms with Crippen molar-refractivity contribution in [1.29, 1.82) is 0 Å². The molecular formula is C21H24N4O2S2. The van der Waals surface area contributed by atoms with Gasteiger partial charge in [0, 0.05) is 18.5 Å². The number of carbonyl (C=O) groups is 2. The van der Waals surface area contributed by atoms with Gasteiger partial charge in [0.15, 0.2) is 16.8 Å². The van der Waals surface area contributed by atoms with Crippen LogP contribution in [0.2, 0.25) is 0 Å². The minimum absolute atomic E-state index is 0.0563. The zero-order valence-corrected chi connectivity index (χ0v) is 18.6. The number of nitrogens with zero attached hydrogens (tertiary/aromatic N) is 3.